The Hall–Kier alpha value is -1.43. The van der Waals surface area contributed by atoms with E-state index in [0.717, 1.165) is 12.1 Å². The average molecular weight is 260 g/mol. The predicted octanol–water partition coefficient (Wildman–Crippen LogP) is 1.45. The molecule has 1 aromatic rings. The van der Waals surface area contributed by atoms with Gasteiger partial charge in [-0.2, -0.15) is 0 Å². The highest BCUT2D eigenvalue weighted by molar-refractivity contribution is 7.92. The van der Waals surface area contributed by atoms with E-state index >= 15 is 0 Å². The average Bonchev–Trinajstić information content (AvgIpc) is 2.28. The highest BCUT2D eigenvalue weighted by Crippen LogP contribution is 2.20. The Morgan fingerprint density at radius 2 is 2.06 bits per heavy atom. The number of hydrogen-bond acceptors (Lipinski definition) is 4. The van der Waals surface area contributed by atoms with Crippen LogP contribution < -0.4 is 4.74 Å². The molecule has 0 aliphatic carbocycles. The van der Waals surface area contributed by atoms with Gasteiger partial charge in [-0.25, -0.2) is 12.8 Å². The fraction of sp³-hybridized carbons (Fsp3) is 0.364. The molecule has 0 N–H and O–H groups in total. The highest BCUT2D eigenvalue weighted by Gasteiger charge is 2.19. The van der Waals surface area contributed by atoms with Crippen LogP contribution in [0.25, 0.3) is 0 Å². The van der Waals surface area contributed by atoms with Crippen LogP contribution in [-0.4, -0.2) is 32.8 Å². The third kappa shape index (κ3) is 3.52. The Balaban J connectivity index is 3.08. The molecule has 4 nitrogen and oxygen atoms in total. The van der Waals surface area contributed by atoms with Crippen molar-refractivity contribution in [2.24, 2.45) is 0 Å². The van der Waals surface area contributed by atoms with Crippen LogP contribution in [0.1, 0.15) is 17.3 Å². The first-order chi connectivity index (χ1) is 7.89. The van der Waals surface area contributed by atoms with Crippen molar-refractivity contribution in [3.63, 3.8) is 0 Å². The van der Waals surface area contributed by atoms with E-state index in [9.17, 15) is 17.6 Å². The van der Waals surface area contributed by atoms with Crippen molar-refractivity contribution < 1.29 is 22.3 Å². The summed E-state index contributed by atoms with van der Waals surface area (Å²) in [6.45, 7) is 1.45. The Morgan fingerprint density at radius 1 is 1.41 bits per heavy atom. The molecule has 0 aliphatic heterocycles. The second-order valence-electron chi connectivity index (χ2n) is 3.44. The summed E-state index contributed by atoms with van der Waals surface area (Å²) in [4.78, 5) is 11.7. The van der Waals surface area contributed by atoms with Gasteiger partial charge >= 0.3 is 0 Å². The smallest absolute Gasteiger partial charge is 0.181 e. The summed E-state index contributed by atoms with van der Waals surface area (Å²) < 4.78 is 40.5. The molecule has 6 heteroatoms. The van der Waals surface area contributed by atoms with E-state index < -0.39 is 27.2 Å². The molecule has 1 rings (SSSR count). The molecule has 0 atom stereocenters. The summed E-state index contributed by atoms with van der Waals surface area (Å²) in [6, 6.07) is 3.41. The Kier molecular flexibility index (Phi) is 4.22. The highest BCUT2D eigenvalue weighted by atomic mass is 32.2. The van der Waals surface area contributed by atoms with Crippen LogP contribution in [0.15, 0.2) is 18.2 Å². The number of ether oxygens (including phenoxy) is 1. The maximum atomic E-state index is 13.0. The number of Topliss-reactive ketones (excluding diaryl/α,β-unsaturated/α-hetero) is 1. The largest absolute Gasteiger partial charge is 0.496 e. The van der Waals surface area contributed by atoms with Crippen LogP contribution in [0, 0.1) is 5.82 Å². The minimum Gasteiger partial charge on any atom is -0.496 e. The van der Waals surface area contributed by atoms with E-state index in [-0.39, 0.29) is 17.1 Å². The summed E-state index contributed by atoms with van der Waals surface area (Å²) >= 11 is 0. The van der Waals surface area contributed by atoms with Gasteiger partial charge in [0.15, 0.2) is 15.6 Å². The third-order valence-electron chi connectivity index (χ3n) is 2.25. The van der Waals surface area contributed by atoms with Crippen molar-refractivity contribution in [1.82, 2.24) is 0 Å². The summed E-state index contributed by atoms with van der Waals surface area (Å²) in [5.74, 6) is -1.87. The van der Waals surface area contributed by atoms with Crippen LogP contribution in [0.3, 0.4) is 0 Å². The number of carbonyl (C=O) groups is 1. The standard InChI is InChI=1S/C11H13FO4S/c1-3-17(14,15)7-10(13)9-6-8(12)4-5-11(9)16-2/h4-6H,3,7H2,1-2H3. The molecule has 0 bridgehead atoms. The number of ketones is 1. The molecule has 17 heavy (non-hydrogen) atoms. The molecule has 0 spiro atoms. The van der Waals surface area contributed by atoms with Crippen molar-refractivity contribution in [3.8, 4) is 5.75 Å². The SMILES string of the molecule is CCS(=O)(=O)CC(=O)c1cc(F)ccc1OC. The van der Waals surface area contributed by atoms with E-state index in [0.29, 0.717) is 0 Å². The third-order valence-corrected chi connectivity index (χ3v) is 3.83. The summed E-state index contributed by atoms with van der Waals surface area (Å²) in [5, 5.41) is 0. The van der Waals surface area contributed by atoms with Gasteiger partial charge in [0.1, 0.15) is 17.3 Å². The lowest BCUT2D eigenvalue weighted by Gasteiger charge is -2.07. The molecule has 0 unspecified atom stereocenters. The molecule has 94 valence electrons. The van der Waals surface area contributed by atoms with E-state index in [1.807, 2.05) is 0 Å². The van der Waals surface area contributed by atoms with Gasteiger partial charge in [0.05, 0.1) is 12.7 Å². The molecule has 0 fully saturated rings. The predicted molar refractivity (Wildman–Crippen MR) is 61.6 cm³/mol. The van der Waals surface area contributed by atoms with Crippen molar-refractivity contribution >= 4 is 15.6 Å². The zero-order chi connectivity index (χ0) is 13.1. The topological polar surface area (TPSA) is 60.4 Å². The van der Waals surface area contributed by atoms with Gasteiger partial charge in [-0.3, -0.25) is 4.79 Å². The summed E-state index contributed by atoms with van der Waals surface area (Å²) in [6.07, 6.45) is 0. The first kappa shape index (κ1) is 13.6. The lowest BCUT2D eigenvalue weighted by Crippen LogP contribution is -2.18. The van der Waals surface area contributed by atoms with E-state index in [1.165, 1.54) is 20.1 Å². The first-order valence-corrected chi connectivity index (χ1v) is 6.79. The minimum atomic E-state index is -3.43. The molecular formula is C11H13FO4S. The zero-order valence-electron chi connectivity index (χ0n) is 9.57. The molecule has 0 saturated heterocycles. The Morgan fingerprint density at radius 3 is 2.59 bits per heavy atom. The zero-order valence-corrected chi connectivity index (χ0v) is 10.4. The van der Waals surface area contributed by atoms with Crippen LogP contribution in [-0.2, 0) is 9.84 Å². The summed E-state index contributed by atoms with van der Waals surface area (Å²) in [7, 11) is -2.10. The molecule has 0 saturated carbocycles. The molecule has 0 radical (unpaired) electrons. The van der Waals surface area contributed by atoms with Crippen molar-refractivity contribution in [2.45, 2.75) is 6.92 Å². The van der Waals surface area contributed by atoms with Gasteiger partial charge in [0.25, 0.3) is 0 Å². The normalized spacial score (nSPS) is 11.2. The fourth-order valence-electron chi connectivity index (χ4n) is 1.28. The second-order valence-corrected chi connectivity index (χ2v) is 5.80. The first-order valence-electron chi connectivity index (χ1n) is 4.96. The maximum absolute atomic E-state index is 13.0. The van der Waals surface area contributed by atoms with Crippen LogP contribution in [0.5, 0.6) is 5.75 Å². The van der Waals surface area contributed by atoms with E-state index in [4.69, 9.17) is 4.74 Å². The van der Waals surface area contributed by atoms with Crippen molar-refractivity contribution in [2.75, 3.05) is 18.6 Å². The quantitative estimate of drug-likeness (QED) is 0.752. The maximum Gasteiger partial charge on any atom is 0.181 e. The fourth-order valence-corrected chi connectivity index (χ4v) is 2.04. The lowest BCUT2D eigenvalue weighted by molar-refractivity contribution is 0.101. The van der Waals surface area contributed by atoms with Crippen molar-refractivity contribution in [1.29, 1.82) is 0 Å². The number of methoxy groups -OCH3 is 1. The van der Waals surface area contributed by atoms with Gasteiger partial charge in [-0.05, 0) is 18.2 Å². The Labute approximate surface area is 99.3 Å². The van der Waals surface area contributed by atoms with E-state index in [2.05, 4.69) is 0 Å². The van der Waals surface area contributed by atoms with Gasteiger partial charge in [-0.15, -0.1) is 0 Å². The van der Waals surface area contributed by atoms with Gasteiger partial charge in [0.2, 0.25) is 0 Å². The minimum absolute atomic E-state index is 0.0514. The van der Waals surface area contributed by atoms with Crippen LogP contribution in [0.2, 0.25) is 0 Å². The van der Waals surface area contributed by atoms with Crippen LogP contribution >= 0.6 is 0 Å². The molecule has 0 heterocycles. The monoisotopic (exact) mass is 260 g/mol. The Bertz CT molecular complexity index is 522. The molecule has 0 amide bonds. The summed E-state index contributed by atoms with van der Waals surface area (Å²) in [5.41, 5.74) is -0.0514. The molecule has 1 aromatic carbocycles. The number of benzene rings is 1. The van der Waals surface area contributed by atoms with E-state index in [1.54, 1.807) is 0 Å². The molecule has 0 aliphatic rings. The van der Waals surface area contributed by atoms with Gasteiger partial charge in [0, 0.05) is 5.75 Å². The second kappa shape index (κ2) is 5.27. The molecule has 0 aromatic heterocycles. The van der Waals surface area contributed by atoms with Crippen molar-refractivity contribution in [3.05, 3.63) is 29.6 Å². The van der Waals surface area contributed by atoms with Crippen LogP contribution in [0.4, 0.5) is 4.39 Å². The van der Waals surface area contributed by atoms with Gasteiger partial charge in [-0.1, -0.05) is 6.92 Å². The number of sulfone groups is 1. The molecular weight excluding hydrogens is 247 g/mol. The van der Waals surface area contributed by atoms with Gasteiger partial charge < -0.3 is 4.74 Å². The number of hydrogen-bond donors (Lipinski definition) is 0. The lowest BCUT2D eigenvalue weighted by atomic mass is 10.1. The number of carbonyl (C=O) groups excluding carboxylic acids is 1. The number of rotatable bonds is 5. The number of halogens is 1.